The molecule has 20 heavy (non-hydrogen) atoms. The molecule has 0 unspecified atom stereocenters. The van der Waals surface area contributed by atoms with Crippen molar-refractivity contribution in [2.24, 2.45) is 10.9 Å². The van der Waals surface area contributed by atoms with Crippen molar-refractivity contribution in [3.05, 3.63) is 58.4 Å². The van der Waals surface area contributed by atoms with Crippen molar-refractivity contribution in [2.75, 3.05) is 0 Å². The normalized spacial score (nSPS) is 11.4. The zero-order valence-corrected chi connectivity index (χ0v) is 11.4. The third kappa shape index (κ3) is 3.00. The van der Waals surface area contributed by atoms with Crippen molar-refractivity contribution < 1.29 is 14.3 Å². The average Bonchev–Trinajstić information content (AvgIpc) is 2.42. The first-order valence-electron chi connectivity index (χ1n) is 5.72. The number of aryl methyl sites for hydroxylation is 1. The molecule has 4 nitrogen and oxygen atoms in total. The van der Waals surface area contributed by atoms with Gasteiger partial charge in [-0.3, -0.25) is 0 Å². The molecule has 0 radical (unpaired) electrons. The number of nitrogens with zero attached hydrogens (tertiary/aromatic N) is 1. The molecule has 0 spiro atoms. The number of hydrogen-bond donors (Lipinski definition) is 2. The van der Waals surface area contributed by atoms with Gasteiger partial charge in [0, 0.05) is 17.2 Å². The van der Waals surface area contributed by atoms with E-state index in [9.17, 15) is 4.39 Å². The van der Waals surface area contributed by atoms with Gasteiger partial charge in [0.2, 0.25) is 0 Å². The van der Waals surface area contributed by atoms with Crippen LogP contribution in [0.3, 0.4) is 0 Å². The van der Waals surface area contributed by atoms with Crippen LogP contribution in [0, 0.1) is 12.7 Å². The molecule has 0 aliphatic rings. The molecule has 0 aliphatic heterocycles. The van der Waals surface area contributed by atoms with Gasteiger partial charge in [0.25, 0.3) is 0 Å². The van der Waals surface area contributed by atoms with Crippen LogP contribution in [0.1, 0.15) is 11.1 Å². The first-order valence-corrected chi connectivity index (χ1v) is 6.10. The van der Waals surface area contributed by atoms with E-state index in [2.05, 4.69) is 5.16 Å². The smallest absolute Gasteiger partial charge is 0.173 e. The van der Waals surface area contributed by atoms with E-state index in [-0.39, 0.29) is 11.6 Å². The maximum atomic E-state index is 13.3. The maximum absolute atomic E-state index is 13.3. The minimum atomic E-state index is -0.419. The first kappa shape index (κ1) is 14.1. The SMILES string of the molecule is Cc1ccc(F)cc1Oc1cc(Cl)ccc1/C(N)=N/O. The molecule has 2 aromatic carbocycles. The summed E-state index contributed by atoms with van der Waals surface area (Å²) in [6.45, 7) is 1.78. The van der Waals surface area contributed by atoms with Crippen LogP contribution < -0.4 is 10.5 Å². The molecule has 0 aromatic heterocycles. The molecule has 0 aliphatic carbocycles. The molecular weight excluding hydrogens is 283 g/mol. The number of benzene rings is 2. The van der Waals surface area contributed by atoms with E-state index >= 15 is 0 Å². The molecule has 0 fully saturated rings. The van der Waals surface area contributed by atoms with Gasteiger partial charge in [-0.1, -0.05) is 22.8 Å². The van der Waals surface area contributed by atoms with Crippen LogP contribution in [0.15, 0.2) is 41.6 Å². The number of rotatable bonds is 3. The summed E-state index contributed by atoms with van der Waals surface area (Å²) in [6, 6.07) is 8.84. The predicted molar refractivity (Wildman–Crippen MR) is 75.2 cm³/mol. The van der Waals surface area contributed by atoms with Crippen LogP contribution in [-0.2, 0) is 0 Å². The van der Waals surface area contributed by atoms with Gasteiger partial charge in [0.1, 0.15) is 17.3 Å². The van der Waals surface area contributed by atoms with Gasteiger partial charge in [-0.2, -0.15) is 0 Å². The molecule has 0 amide bonds. The lowest BCUT2D eigenvalue weighted by Crippen LogP contribution is -2.14. The second-order valence-electron chi connectivity index (χ2n) is 4.14. The summed E-state index contributed by atoms with van der Waals surface area (Å²) in [5, 5.41) is 12.1. The Morgan fingerprint density at radius 2 is 2.00 bits per heavy atom. The molecule has 6 heteroatoms. The number of hydrogen-bond acceptors (Lipinski definition) is 3. The van der Waals surface area contributed by atoms with E-state index in [0.29, 0.717) is 16.3 Å². The number of oxime groups is 1. The Balaban J connectivity index is 2.47. The van der Waals surface area contributed by atoms with Crippen molar-refractivity contribution in [3.63, 3.8) is 0 Å². The second kappa shape index (κ2) is 5.79. The summed E-state index contributed by atoms with van der Waals surface area (Å²) in [6.07, 6.45) is 0. The summed E-state index contributed by atoms with van der Waals surface area (Å²) in [7, 11) is 0. The Hall–Kier alpha value is -2.27. The van der Waals surface area contributed by atoms with Crippen LogP contribution in [0.5, 0.6) is 11.5 Å². The van der Waals surface area contributed by atoms with Crippen molar-refractivity contribution in [1.82, 2.24) is 0 Å². The lowest BCUT2D eigenvalue weighted by Gasteiger charge is -2.12. The Bertz CT molecular complexity index is 674. The fourth-order valence-electron chi connectivity index (χ4n) is 1.65. The van der Waals surface area contributed by atoms with Crippen LogP contribution in [0.2, 0.25) is 5.02 Å². The molecule has 104 valence electrons. The molecule has 3 N–H and O–H groups in total. The van der Waals surface area contributed by atoms with Crippen molar-refractivity contribution in [1.29, 1.82) is 0 Å². The lowest BCUT2D eigenvalue weighted by atomic mass is 10.1. The summed E-state index contributed by atoms with van der Waals surface area (Å²) < 4.78 is 18.9. The van der Waals surface area contributed by atoms with E-state index in [1.54, 1.807) is 25.1 Å². The number of nitrogens with two attached hydrogens (primary N) is 1. The number of halogens is 2. The van der Waals surface area contributed by atoms with Crippen molar-refractivity contribution in [3.8, 4) is 11.5 Å². The summed E-state index contributed by atoms with van der Waals surface area (Å²) >= 11 is 5.90. The topological polar surface area (TPSA) is 67.8 Å². The van der Waals surface area contributed by atoms with E-state index in [1.165, 1.54) is 18.2 Å². The van der Waals surface area contributed by atoms with E-state index in [4.69, 9.17) is 27.3 Å². The van der Waals surface area contributed by atoms with Crippen LogP contribution in [-0.4, -0.2) is 11.0 Å². The highest BCUT2D eigenvalue weighted by atomic mass is 35.5. The van der Waals surface area contributed by atoms with Gasteiger partial charge >= 0.3 is 0 Å². The van der Waals surface area contributed by atoms with Gasteiger partial charge in [-0.25, -0.2) is 4.39 Å². The summed E-state index contributed by atoms with van der Waals surface area (Å²) in [4.78, 5) is 0. The van der Waals surface area contributed by atoms with Gasteiger partial charge in [-0.15, -0.1) is 0 Å². The molecule has 0 heterocycles. The average molecular weight is 295 g/mol. The van der Waals surface area contributed by atoms with Gasteiger partial charge < -0.3 is 15.7 Å². The lowest BCUT2D eigenvalue weighted by molar-refractivity contribution is 0.318. The first-order chi connectivity index (χ1) is 9.51. The standard InChI is InChI=1S/C14H12ClFN2O2/c1-8-2-4-10(16)7-12(8)20-13-6-9(15)3-5-11(13)14(17)18-19/h2-7,19H,1H3,(H2,17,18). The third-order valence-corrected chi connectivity index (χ3v) is 2.93. The maximum Gasteiger partial charge on any atom is 0.173 e. The molecule has 2 aromatic rings. The number of ether oxygens (including phenoxy) is 1. The highest BCUT2D eigenvalue weighted by Crippen LogP contribution is 2.30. The van der Waals surface area contributed by atoms with Crippen molar-refractivity contribution >= 4 is 17.4 Å². The third-order valence-electron chi connectivity index (χ3n) is 2.70. The predicted octanol–water partition coefficient (Wildman–Crippen LogP) is 3.67. The Morgan fingerprint density at radius 1 is 1.25 bits per heavy atom. The molecule has 0 atom stereocenters. The monoisotopic (exact) mass is 294 g/mol. The molecule has 0 saturated heterocycles. The summed E-state index contributed by atoms with van der Waals surface area (Å²) in [5.41, 5.74) is 6.68. The largest absolute Gasteiger partial charge is 0.456 e. The Kier molecular flexibility index (Phi) is 4.10. The molecular formula is C14H12ClFN2O2. The van der Waals surface area contributed by atoms with E-state index < -0.39 is 5.82 Å². The van der Waals surface area contributed by atoms with Gasteiger partial charge in [0.15, 0.2) is 5.84 Å². The van der Waals surface area contributed by atoms with E-state index in [0.717, 1.165) is 5.56 Å². The van der Waals surface area contributed by atoms with Crippen LogP contribution in [0.25, 0.3) is 0 Å². The van der Waals surface area contributed by atoms with Gasteiger partial charge in [0.05, 0.1) is 5.56 Å². The van der Waals surface area contributed by atoms with E-state index in [1.807, 2.05) is 0 Å². The Labute approximate surface area is 120 Å². The van der Waals surface area contributed by atoms with Crippen molar-refractivity contribution in [2.45, 2.75) is 6.92 Å². The molecule has 2 rings (SSSR count). The highest BCUT2D eigenvalue weighted by molar-refractivity contribution is 6.30. The minimum Gasteiger partial charge on any atom is -0.456 e. The zero-order chi connectivity index (χ0) is 14.7. The number of amidine groups is 1. The van der Waals surface area contributed by atoms with Crippen LogP contribution in [0.4, 0.5) is 4.39 Å². The van der Waals surface area contributed by atoms with Crippen LogP contribution >= 0.6 is 11.6 Å². The second-order valence-corrected chi connectivity index (χ2v) is 4.57. The van der Waals surface area contributed by atoms with Gasteiger partial charge in [-0.05, 0) is 30.7 Å². The zero-order valence-electron chi connectivity index (χ0n) is 10.6. The molecule has 0 bridgehead atoms. The minimum absolute atomic E-state index is 0.120. The fraction of sp³-hybridized carbons (Fsp3) is 0.0714. The Morgan fingerprint density at radius 3 is 2.70 bits per heavy atom. The quantitative estimate of drug-likeness (QED) is 0.393. The molecule has 0 saturated carbocycles. The summed E-state index contributed by atoms with van der Waals surface area (Å²) in [5.74, 6) is 0.0736. The highest BCUT2D eigenvalue weighted by Gasteiger charge is 2.12. The fourth-order valence-corrected chi connectivity index (χ4v) is 1.81.